The van der Waals surface area contributed by atoms with Crippen molar-refractivity contribution in [2.75, 3.05) is 12.4 Å². The van der Waals surface area contributed by atoms with Crippen molar-refractivity contribution in [1.29, 1.82) is 0 Å². The van der Waals surface area contributed by atoms with E-state index >= 15 is 0 Å². The Balaban J connectivity index is 1.99. The first-order valence-electron chi connectivity index (χ1n) is 6.48. The summed E-state index contributed by atoms with van der Waals surface area (Å²) in [7, 11) is 1.36. The number of amides is 1. The van der Waals surface area contributed by atoms with Crippen molar-refractivity contribution in [2.45, 2.75) is 29.9 Å². The van der Waals surface area contributed by atoms with E-state index in [1.165, 1.54) is 41.5 Å². The second kappa shape index (κ2) is 7.70. The van der Waals surface area contributed by atoms with Crippen LogP contribution in [0.5, 0.6) is 0 Å². The molecule has 1 atom stereocenters. The number of methoxy groups -OCH3 is 1. The molecule has 6 nitrogen and oxygen atoms in total. The van der Waals surface area contributed by atoms with Gasteiger partial charge in [0.1, 0.15) is 5.25 Å². The zero-order chi connectivity index (χ0) is 16.1. The molecule has 1 unspecified atom stereocenters. The normalized spacial score (nSPS) is 12.0. The average molecular weight is 357 g/mol. The van der Waals surface area contributed by atoms with E-state index in [1.807, 2.05) is 25.3 Å². The Morgan fingerprint density at radius 2 is 2.23 bits per heavy atom. The van der Waals surface area contributed by atoms with Crippen molar-refractivity contribution in [3.8, 4) is 0 Å². The minimum atomic E-state index is -0.318. The summed E-state index contributed by atoms with van der Waals surface area (Å²) in [5.41, 5.74) is 1.05. The fourth-order valence-electron chi connectivity index (χ4n) is 1.57. The van der Waals surface area contributed by atoms with Gasteiger partial charge in [0.2, 0.25) is 5.13 Å². The second-order valence-corrected chi connectivity index (χ2v) is 7.69. The number of carbonyl (C=O) groups excluding carboxylic acids is 2. The van der Waals surface area contributed by atoms with Gasteiger partial charge < -0.3 is 4.74 Å². The number of rotatable bonds is 6. The number of nitrogens with one attached hydrogen (secondary N) is 1. The van der Waals surface area contributed by atoms with Crippen molar-refractivity contribution in [1.82, 2.24) is 10.2 Å². The molecule has 2 aromatic heterocycles. The quantitative estimate of drug-likeness (QED) is 0.486. The number of thioether (sulfide) groups is 1. The molecular weight excluding hydrogens is 342 g/mol. The molecule has 0 fully saturated rings. The lowest BCUT2D eigenvalue weighted by atomic mass is 10.3. The van der Waals surface area contributed by atoms with Crippen LogP contribution in [0.25, 0.3) is 0 Å². The van der Waals surface area contributed by atoms with E-state index < -0.39 is 0 Å². The summed E-state index contributed by atoms with van der Waals surface area (Å²) in [4.78, 5) is 24.2. The van der Waals surface area contributed by atoms with Crippen LogP contribution < -0.4 is 5.32 Å². The predicted molar refractivity (Wildman–Crippen MR) is 88.9 cm³/mol. The molecule has 0 aliphatic carbocycles. The van der Waals surface area contributed by atoms with Gasteiger partial charge in [-0.05, 0) is 30.4 Å². The SMILES string of the molecule is CCC(Sc1nnc(NC(=O)c2cc(C)cs2)s1)C(=O)OC. The fourth-order valence-corrected chi connectivity index (χ4v) is 4.30. The van der Waals surface area contributed by atoms with Gasteiger partial charge >= 0.3 is 5.97 Å². The molecule has 0 saturated heterocycles. The topological polar surface area (TPSA) is 81.2 Å². The number of esters is 1. The maximum absolute atomic E-state index is 12.0. The number of nitrogens with zero attached hydrogens (tertiary/aromatic N) is 2. The van der Waals surface area contributed by atoms with Crippen molar-refractivity contribution in [3.63, 3.8) is 0 Å². The lowest BCUT2D eigenvalue weighted by molar-refractivity contribution is -0.140. The largest absolute Gasteiger partial charge is 0.468 e. The van der Waals surface area contributed by atoms with E-state index in [1.54, 1.807) is 0 Å². The molecule has 0 spiro atoms. The second-order valence-electron chi connectivity index (χ2n) is 4.35. The van der Waals surface area contributed by atoms with Gasteiger partial charge in [-0.1, -0.05) is 30.0 Å². The third kappa shape index (κ3) is 4.28. The zero-order valence-electron chi connectivity index (χ0n) is 12.3. The van der Waals surface area contributed by atoms with E-state index in [0.717, 1.165) is 5.56 Å². The molecule has 9 heteroatoms. The highest BCUT2D eigenvalue weighted by Gasteiger charge is 2.21. The molecule has 0 bridgehead atoms. The molecule has 2 heterocycles. The van der Waals surface area contributed by atoms with Gasteiger partial charge in [-0.2, -0.15) is 0 Å². The van der Waals surface area contributed by atoms with Gasteiger partial charge in [-0.15, -0.1) is 21.5 Å². The van der Waals surface area contributed by atoms with Gasteiger partial charge in [-0.25, -0.2) is 0 Å². The highest BCUT2D eigenvalue weighted by atomic mass is 32.2. The number of aryl methyl sites for hydroxylation is 1. The molecule has 0 aliphatic rings. The van der Waals surface area contributed by atoms with Crippen molar-refractivity contribution in [3.05, 3.63) is 21.9 Å². The van der Waals surface area contributed by atoms with E-state index in [0.29, 0.717) is 20.8 Å². The fraction of sp³-hybridized carbons (Fsp3) is 0.385. The minimum Gasteiger partial charge on any atom is -0.468 e. The number of hydrogen-bond acceptors (Lipinski definition) is 8. The Hall–Kier alpha value is -1.45. The first-order chi connectivity index (χ1) is 10.5. The molecule has 2 rings (SSSR count). The third-order valence-electron chi connectivity index (χ3n) is 2.66. The smallest absolute Gasteiger partial charge is 0.319 e. The van der Waals surface area contributed by atoms with Crippen LogP contribution in [-0.4, -0.2) is 34.4 Å². The van der Waals surface area contributed by atoms with Gasteiger partial charge in [0.25, 0.3) is 5.91 Å². The lowest BCUT2D eigenvalue weighted by Gasteiger charge is -2.08. The highest BCUT2D eigenvalue weighted by Crippen LogP contribution is 2.31. The molecule has 118 valence electrons. The van der Waals surface area contributed by atoms with E-state index in [4.69, 9.17) is 4.74 Å². The van der Waals surface area contributed by atoms with E-state index in [2.05, 4.69) is 15.5 Å². The number of hydrogen-bond donors (Lipinski definition) is 1. The molecular formula is C13H15N3O3S3. The average Bonchev–Trinajstić information content (AvgIpc) is 3.13. The summed E-state index contributed by atoms with van der Waals surface area (Å²) >= 11 is 3.91. The summed E-state index contributed by atoms with van der Waals surface area (Å²) in [6, 6.07) is 1.82. The van der Waals surface area contributed by atoms with E-state index in [-0.39, 0.29) is 17.1 Å². The Kier molecular flexibility index (Phi) is 5.92. The molecule has 0 aromatic carbocycles. The molecule has 1 N–H and O–H groups in total. The molecule has 0 aliphatic heterocycles. The Labute approximate surface area is 140 Å². The van der Waals surface area contributed by atoms with Crippen LogP contribution in [0.2, 0.25) is 0 Å². The monoisotopic (exact) mass is 357 g/mol. The number of ether oxygens (including phenoxy) is 1. The van der Waals surface area contributed by atoms with Crippen LogP contribution in [-0.2, 0) is 9.53 Å². The molecule has 22 heavy (non-hydrogen) atoms. The van der Waals surface area contributed by atoms with Crippen LogP contribution in [0.4, 0.5) is 5.13 Å². The lowest BCUT2D eigenvalue weighted by Crippen LogP contribution is -2.17. The van der Waals surface area contributed by atoms with Gasteiger partial charge in [0.15, 0.2) is 4.34 Å². The van der Waals surface area contributed by atoms with Crippen LogP contribution in [0.1, 0.15) is 28.6 Å². The Bertz CT molecular complexity index is 668. The zero-order valence-corrected chi connectivity index (χ0v) is 14.7. The van der Waals surface area contributed by atoms with Gasteiger partial charge in [0, 0.05) is 0 Å². The minimum absolute atomic E-state index is 0.203. The molecule has 0 saturated carbocycles. The summed E-state index contributed by atoms with van der Waals surface area (Å²) in [6.45, 7) is 3.84. The Morgan fingerprint density at radius 1 is 1.45 bits per heavy atom. The van der Waals surface area contributed by atoms with Crippen LogP contribution in [0, 0.1) is 6.92 Å². The summed E-state index contributed by atoms with van der Waals surface area (Å²) in [6.07, 6.45) is 0.632. The van der Waals surface area contributed by atoms with Crippen molar-refractivity contribution in [2.24, 2.45) is 0 Å². The molecule has 0 radical (unpaired) electrons. The number of anilines is 1. The van der Waals surface area contributed by atoms with Crippen molar-refractivity contribution < 1.29 is 14.3 Å². The standard InChI is InChI=1S/C13H15N3O3S3/c1-4-8(11(18)19-3)21-13-16-15-12(22-13)14-10(17)9-5-7(2)6-20-9/h5-6,8H,4H2,1-3H3,(H,14,15,17). The van der Waals surface area contributed by atoms with Crippen molar-refractivity contribution >= 4 is 51.4 Å². The van der Waals surface area contributed by atoms with Gasteiger partial charge in [0.05, 0.1) is 12.0 Å². The predicted octanol–water partition coefficient (Wildman–Crippen LogP) is 3.20. The summed E-state index contributed by atoms with van der Waals surface area (Å²) in [5, 5.41) is 12.6. The first kappa shape index (κ1) is 16.9. The molecule has 2 aromatic rings. The van der Waals surface area contributed by atoms with E-state index in [9.17, 15) is 9.59 Å². The maximum Gasteiger partial charge on any atom is 0.319 e. The summed E-state index contributed by atoms with van der Waals surface area (Å²) < 4.78 is 5.36. The third-order valence-corrected chi connectivity index (χ3v) is 5.97. The maximum atomic E-state index is 12.0. The van der Waals surface area contributed by atoms with Crippen LogP contribution in [0.15, 0.2) is 15.8 Å². The Morgan fingerprint density at radius 3 is 2.82 bits per heavy atom. The highest BCUT2D eigenvalue weighted by molar-refractivity contribution is 8.02. The number of thiophene rings is 1. The molecule has 1 amide bonds. The van der Waals surface area contributed by atoms with Crippen LogP contribution in [0.3, 0.4) is 0 Å². The van der Waals surface area contributed by atoms with Crippen LogP contribution >= 0.6 is 34.4 Å². The number of aromatic nitrogens is 2. The summed E-state index contributed by atoms with van der Waals surface area (Å²) in [5.74, 6) is -0.492. The number of carbonyl (C=O) groups is 2. The van der Waals surface area contributed by atoms with Gasteiger partial charge in [-0.3, -0.25) is 14.9 Å². The first-order valence-corrected chi connectivity index (χ1v) is 9.05.